The fourth-order valence-electron chi connectivity index (χ4n) is 1.88. The summed E-state index contributed by atoms with van der Waals surface area (Å²) >= 11 is 0. The Morgan fingerprint density at radius 2 is 1.80 bits per heavy atom. The fourth-order valence-corrected chi connectivity index (χ4v) is 1.88. The number of carbonyl (C=O) groups excluding carboxylic acids is 1. The lowest BCUT2D eigenvalue weighted by Gasteiger charge is -2.19. The van der Waals surface area contributed by atoms with Gasteiger partial charge in [0.05, 0.1) is 0 Å². The molecule has 110 valence electrons. The number of aryl methyl sites for hydroxylation is 1. The van der Waals surface area contributed by atoms with E-state index in [-0.39, 0.29) is 5.92 Å². The molecule has 20 heavy (non-hydrogen) atoms. The van der Waals surface area contributed by atoms with E-state index in [2.05, 4.69) is 5.32 Å². The summed E-state index contributed by atoms with van der Waals surface area (Å²) in [6, 6.07) is 5.52. The van der Waals surface area contributed by atoms with Crippen molar-refractivity contribution in [3.8, 4) is 0 Å². The maximum atomic E-state index is 12.0. The van der Waals surface area contributed by atoms with Crippen LogP contribution in [0.25, 0.3) is 0 Å². The summed E-state index contributed by atoms with van der Waals surface area (Å²) in [6.07, 6.45) is 0.377. The summed E-state index contributed by atoms with van der Waals surface area (Å²) in [5.41, 5.74) is 7.60. The van der Waals surface area contributed by atoms with Gasteiger partial charge in [-0.1, -0.05) is 43.7 Å². The van der Waals surface area contributed by atoms with Crippen molar-refractivity contribution in [2.75, 3.05) is 0 Å². The van der Waals surface area contributed by atoms with Crippen LogP contribution in [0.3, 0.4) is 0 Å². The van der Waals surface area contributed by atoms with Crippen molar-refractivity contribution in [3.63, 3.8) is 0 Å². The largest absolute Gasteiger partial charge is 0.480 e. The smallest absolute Gasteiger partial charge is 0.326 e. The van der Waals surface area contributed by atoms with E-state index in [1.54, 1.807) is 12.1 Å². The summed E-state index contributed by atoms with van der Waals surface area (Å²) in [5, 5.41) is 11.6. The molecule has 0 fully saturated rings. The molecule has 5 heteroatoms. The monoisotopic (exact) mass is 278 g/mol. The maximum Gasteiger partial charge on any atom is 0.326 e. The van der Waals surface area contributed by atoms with Crippen LogP contribution in [0.1, 0.15) is 37.4 Å². The Labute approximate surface area is 119 Å². The molecule has 1 aromatic carbocycles. The molecule has 1 unspecified atom stereocenters. The first-order chi connectivity index (χ1) is 9.31. The number of aliphatic carboxylic acids is 1. The van der Waals surface area contributed by atoms with Crippen molar-refractivity contribution in [2.24, 2.45) is 11.7 Å². The highest BCUT2D eigenvalue weighted by Gasteiger charge is 2.24. The van der Waals surface area contributed by atoms with Gasteiger partial charge in [0.1, 0.15) is 12.1 Å². The number of amides is 1. The molecule has 2 atom stereocenters. The lowest BCUT2D eigenvalue weighted by molar-refractivity contribution is -0.142. The molecule has 0 saturated carbocycles. The van der Waals surface area contributed by atoms with Gasteiger partial charge >= 0.3 is 5.97 Å². The van der Waals surface area contributed by atoms with E-state index in [1.165, 1.54) is 0 Å². The Morgan fingerprint density at radius 1 is 1.25 bits per heavy atom. The van der Waals surface area contributed by atoms with E-state index in [0.717, 1.165) is 5.56 Å². The molecule has 1 rings (SSSR count). The standard InChI is InChI=1S/C15H22N2O3/c1-9(2)8-12(15(19)20)17-14(18)13(16)11-6-4-10(3)5-7-11/h4-7,9,12-13H,8,16H2,1-3H3,(H,17,18)(H,19,20)/t12-,13?/m1/s1. The van der Waals surface area contributed by atoms with E-state index in [0.29, 0.717) is 12.0 Å². The molecule has 0 spiro atoms. The summed E-state index contributed by atoms with van der Waals surface area (Å²) < 4.78 is 0. The third kappa shape index (κ3) is 4.66. The predicted octanol–water partition coefficient (Wildman–Crippen LogP) is 1.61. The van der Waals surface area contributed by atoms with Crippen molar-refractivity contribution >= 4 is 11.9 Å². The van der Waals surface area contributed by atoms with E-state index < -0.39 is 24.0 Å². The van der Waals surface area contributed by atoms with Gasteiger partial charge in [0.15, 0.2) is 0 Å². The van der Waals surface area contributed by atoms with Crippen molar-refractivity contribution in [2.45, 2.75) is 39.3 Å². The zero-order chi connectivity index (χ0) is 15.3. The molecule has 0 aliphatic rings. The third-order valence-electron chi connectivity index (χ3n) is 3.04. The van der Waals surface area contributed by atoms with Gasteiger partial charge in [0.25, 0.3) is 0 Å². The Morgan fingerprint density at radius 3 is 2.25 bits per heavy atom. The molecular formula is C15H22N2O3. The SMILES string of the molecule is Cc1ccc(C(N)C(=O)N[C@H](CC(C)C)C(=O)O)cc1. The lowest BCUT2D eigenvalue weighted by atomic mass is 10.0. The van der Waals surface area contributed by atoms with Crippen molar-refractivity contribution in [3.05, 3.63) is 35.4 Å². The van der Waals surface area contributed by atoms with Gasteiger partial charge < -0.3 is 16.2 Å². The Hall–Kier alpha value is -1.88. The Kier molecular flexibility index (Phi) is 5.70. The topological polar surface area (TPSA) is 92.4 Å². The lowest BCUT2D eigenvalue weighted by Crippen LogP contribution is -2.45. The summed E-state index contributed by atoms with van der Waals surface area (Å²) in [6.45, 7) is 5.75. The van der Waals surface area contributed by atoms with Gasteiger partial charge in [-0.3, -0.25) is 4.79 Å². The van der Waals surface area contributed by atoms with Crippen LogP contribution in [0.2, 0.25) is 0 Å². The number of carbonyl (C=O) groups is 2. The summed E-state index contributed by atoms with van der Waals surface area (Å²) in [4.78, 5) is 23.1. The molecule has 0 aliphatic heterocycles. The van der Waals surface area contributed by atoms with Gasteiger partial charge in [-0.15, -0.1) is 0 Å². The van der Waals surface area contributed by atoms with Gasteiger partial charge in [0, 0.05) is 0 Å². The minimum Gasteiger partial charge on any atom is -0.480 e. The van der Waals surface area contributed by atoms with Crippen LogP contribution in [0.15, 0.2) is 24.3 Å². The highest BCUT2D eigenvalue weighted by molar-refractivity contribution is 5.87. The first kappa shape index (κ1) is 16.2. The molecule has 0 saturated heterocycles. The molecule has 0 aliphatic carbocycles. The van der Waals surface area contributed by atoms with Gasteiger partial charge in [-0.25, -0.2) is 4.79 Å². The summed E-state index contributed by atoms with van der Waals surface area (Å²) in [7, 11) is 0. The van der Waals surface area contributed by atoms with Crippen LogP contribution >= 0.6 is 0 Å². The zero-order valence-corrected chi connectivity index (χ0v) is 12.1. The minimum absolute atomic E-state index is 0.173. The average molecular weight is 278 g/mol. The van der Waals surface area contributed by atoms with Gasteiger partial charge in [0.2, 0.25) is 5.91 Å². The van der Waals surface area contributed by atoms with Crippen molar-refractivity contribution < 1.29 is 14.7 Å². The molecule has 0 aromatic heterocycles. The number of nitrogens with two attached hydrogens (primary N) is 1. The van der Waals surface area contributed by atoms with Crippen molar-refractivity contribution in [1.82, 2.24) is 5.32 Å². The van der Waals surface area contributed by atoms with E-state index in [4.69, 9.17) is 10.8 Å². The van der Waals surface area contributed by atoms with Gasteiger partial charge in [-0.05, 0) is 24.8 Å². The number of rotatable bonds is 6. The molecule has 0 heterocycles. The second-order valence-corrected chi connectivity index (χ2v) is 5.42. The average Bonchev–Trinajstić information content (AvgIpc) is 2.37. The van der Waals surface area contributed by atoms with E-state index in [9.17, 15) is 9.59 Å². The maximum absolute atomic E-state index is 12.0. The van der Waals surface area contributed by atoms with Gasteiger partial charge in [-0.2, -0.15) is 0 Å². The van der Waals surface area contributed by atoms with Crippen molar-refractivity contribution in [1.29, 1.82) is 0 Å². The Bertz CT molecular complexity index is 469. The van der Waals surface area contributed by atoms with Crippen LogP contribution < -0.4 is 11.1 Å². The van der Waals surface area contributed by atoms with Crippen LogP contribution in [0, 0.1) is 12.8 Å². The number of hydrogen-bond acceptors (Lipinski definition) is 3. The second kappa shape index (κ2) is 7.05. The summed E-state index contributed by atoms with van der Waals surface area (Å²) in [5.74, 6) is -1.34. The predicted molar refractivity (Wildman–Crippen MR) is 77.1 cm³/mol. The number of nitrogens with one attached hydrogen (secondary N) is 1. The number of hydrogen-bond donors (Lipinski definition) is 3. The second-order valence-electron chi connectivity index (χ2n) is 5.42. The normalized spacial score (nSPS) is 13.8. The highest BCUT2D eigenvalue weighted by atomic mass is 16.4. The molecule has 1 amide bonds. The highest BCUT2D eigenvalue weighted by Crippen LogP contribution is 2.13. The minimum atomic E-state index is -1.04. The van der Waals surface area contributed by atoms with Crippen LogP contribution in [0.5, 0.6) is 0 Å². The quantitative estimate of drug-likeness (QED) is 0.737. The molecule has 0 bridgehead atoms. The van der Waals surface area contributed by atoms with Crippen LogP contribution in [-0.4, -0.2) is 23.0 Å². The number of carboxylic acid groups (broad SMARTS) is 1. The fraction of sp³-hybridized carbons (Fsp3) is 0.467. The zero-order valence-electron chi connectivity index (χ0n) is 12.1. The molecular weight excluding hydrogens is 256 g/mol. The number of benzene rings is 1. The Balaban J connectivity index is 2.73. The van der Waals surface area contributed by atoms with Crippen LogP contribution in [0.4, 0.5) is 0 Å². The van der Waals surface area contributed by atoms with Crippen LogP contribution in [-0.2, 0) is 9.59 Å². The molecule has 4 N–H and O–H groups in total. The molecule has 5 nitrogen and oxygen atoms in total. The molecule has 1 aromatic rings. The molecule has 0 radical (unpaired) electrons. The first-order valence-corrected chi connectivity index (χ1v) is 6.66. The third-order valence-corrected chi connectivity index (χ3v) is 3.04. The first-order valence-electron chi connectivity index (χ1n) is 6.66. The van der Waals surface area contributed by atoms with E-state index in [1.807, 2.05) is 32.9 Å². The number of carboxylic acids is 1. The van der Waals surface area contributed by atoms with E-state index >= 15 is 0 Å².